The van der Waals surface area contributed by atoms with Crippen LogP contribution in [-0.2, 0) is 10.3 Å². The predicted octanol–water partition coefficient (Wildman–Crippen LogP) is 2.30. The van der Waals surface area contributed by atoms with Gasteiger partial charge in [0, 0.05) is 23.9 Å². The molecule has 8 heteroatoms. The van der Waals surface area contributed by atoms with Crippen LogP contribution in [-0.4, -0.2) is 26.6 Å². The lowest BCUT2D eigenvalue weighted by molar-refractivity contribution is 0.00973. The summed E-state index contributed by atoms with van der Waals surface area (Å²) in [7, 11) is 1.57. The molecular weight excluding hydrogens is 304 g/mol. The Morgan fingerprint density at radius 3 is 2.77 bits per heavy atom. The van der Waals surface area contributed by atoms with Crippen LogP contribution >= 0.6 is 11.3 Å². The first-order chi connectivity index (χ1) is 10.3. The molecule has 3 heterocycles. The van der Waals surface area contributed by atoms with Crippen molar-refractivity contribution in [1.82, 2.24) is 19.5 Å². The summed E-state index contributed by atoms with van der Waals surface area (Å²) < 4.78 is 12.1. The first kappa shape index (κ1) is 14.9. The van der Waals surface area contributed by atoms with Gasteiger partial charge in [0.2, 0.25) is 5.82 Å². The Labute approximate surface area is 130 Å². The molecule has 116 valence electrons. The SMILES string of the molecule is COC(C)(C)c1noc(-c2cnc3sc(C)c(C)n3c2=O)n1. The molecule has 0 fully saturated rings. The highest BCUT2D eigenvalue weighted by molar-refractivity contribution is 7.17. The quantitative estimate of drug-likeness (QED) is 0.736. The highest BCUT2D eigenvalue weighted by Gasteiger charge is 2.27. The Balaban J connectivity index is 2.17. The summed E-state index contributed by atoms with van der Waals surface area (Å²) in [5.41, 5.74) is 0.252. The summed E-state index contributed by atoms with van der Waals surface area (Å²) in [6.07, 6.45) is 1.48. The molecule has 3 rings (SSSR count). The summed E-state index contributed by atoms with van der Waals surface area (Å²) in [6.45, 7) is 7.49. The van der Waals surface area contributed by atoms with Gasteiger partial charge in [0.1, 0.15) is 11.2 Å². The van der Waals surface area contributed by atoms with Crippen LogP contribution in [0.5, 0.6) is 0 Å². The summed E-state index contributed by atoms with van der Waals surface area (Å²) in [4.78, 5) is 23.0. The Morgan fingerprint density at radius 1 is 1.36 bits per heavy atom. The van der Waals surface area contributed by atoms with Crippen molar-refractivity contribution >= 4 is 16.3 Å². The van der Waals surface area contributed by atoms with Crippen LogP contribution < -0.4 is 5.56 Å². The van der Waals surface area contributed by atoms with Crippen LogP contribution in [0, 0.1) is 13.8 Å². The molecule has 0 N–H and O–H groups in total. The van der Waals surface area contributed by atoms with E-state index in [1.807, 2.05) is 27.7 Å². The Hall–Kier alpha value is -2.06. The lowest BCUT2D eigenvalue weighted by Gasteiger charge is -2.17. The number of aryl methyl sites for hydroxylation is 2. The van der Waals surface area contributed by atoms with Crippen molar-refractivity contribution in [2.24, 2.45) is 0 Å². The third-order valence-electron chi connectivity index (χ3n) is 3.72. The number of thiazole rings is 1. The van der Waals surface area contributed by atoms with Crippen LogP contribution in [0.25, 0.3) is 16.4 Å². The maximum absolute atomic E-state index is 12.7. The number of rotatable bonds is 3. The number of fused-ring (bicyclic) bond motifs is 1. The lowest BCUT2D eigenvalue weighted by Crippen LogP contribution is -2.21. The van der Waals surface area contributed by atoms with E-state index >= 15 is 0 Å². The number of methoxy groups -OCH3 is 1. The molecule has 22 heavy (non-hydrogen) atoms. The van der Waals surface area contributed by atoms with E-state index in [0.717, 1.165) is 10.6 Å². The van der Waals surface area contributed by atoms with Gasteiger partial charge in [-0.05, 0) is 27.7 Å². The van der Waals surface area contributed by atoms with Crippen LogP contribution in [0.2, 0.25) is 0 Å². The molecule has 0 aliphatic carbocycles. The fourth-order valence-electron chi connectivity index (χ4n) is 1.99. The van der Waals surface area contributed by atoms with Gasteiger partial charge in [-0.2, -0.15) is 4.98 Å². The number of nitrogens with zero attached hydrogens (tertiary/aromatic N) is 4. The fourth-order valence-corrected chi connectivity index (χ4v) is 2.92. The second-order valence-corrected chi connectivity index (χ2v) is 6.66. The van der Waals surface area contributed by atoms with Gasteiger partial charge in [-0.1, -0.05) is 5.16 Å². The number of hydrogen-bond acceptors (Lipinski definition) is 7. The van der Waals surface area contributed by atoms with Crippen LogP contribution in [0.4, 0.5) is 0 Å². The highest BCUT2D eigenvalue weighted by atomic mass is 32.1. The van der Waals surface area contributed by atoms with Gasteiger partial charge in [-0.25, -0.2) is 4.98 Å². The topological polar surface area (TPSA) is 82.5 Å². The minimum absolute atomic E-state index is 0.148. The van der Waals surface area contributed by atoms with Crippen LogP contribution in [0.1, 0.15) is 30.2 Å². The fraction of sp³-hybridized carbons (Fsp3) is 0.429. The molecule has 0 spiro atoms. The Morgan fingerprint density at radius 2 is 2.09 bits per heavy atom. The van der Waals surface area contributed by atoms with Gasteiger partial charge < -0.3 is 9.26 Å². The molecule has 0 amide bonds. The van der Waals surface area contributed by atoms with E-state index in [0.29, 0.717) is 10.8 Å². The van der Waals surface area contributed by atoms with Gasteiger partial charge in [-0.3, -0.25) is 9.20 Å². The molecule has 0 saturated carbocycles. The molecule has 3 aromatic rings. The maximum Gasteiger partial charge on any atom is 0.271 e. The molecule has 0 saturated heterocycles. The predicted molar refractivity (Wildman–Crippen MR) is 82.1 cm³/mol. The summed E-state index contributed by atoms with van der Waals surface area (Å²) in [5, 5.41) is 3.90. The van der Waals surface area contributed by atoms with E-state index in [2.05, 4.69) is 15.1 Å². The molecule has 0 atom stereocenters. The van der Waals surface area contributed by atoms with Gasteiger partial charge in [0.15, 0.2) is 4.96 Å². The van der Waals surface area contributed by atoms with Crippen molar-refractivity contribution in [3.05, 3.63) is 32.9 Å². The molecular formula is C14H16N4O3S. The minimum atomic E-state index is -0.690. The maximum atomic E-state index is 12.7. The number of aromatic nitrogens is 4. The van der Waals surface area contributed by atoms with E-state index in [-0.39, 0.29) is 17.0 Å². The van der Waals surface area contributed by atoms with E-state index in [1.165, 1.54) is 17.5 Å². The molecule has 0 bridgehead atoms. The first-order valence-electron chi connectivity index (χ1n) is 6.72. The third kappa shape index (κ3) is 2.15. The molecule has 0 aliphatic rings. The minimum Gasteiger partial charge on any atom is -0.371 e. The van der Waals surface area contributed by atoms with Gasteiger partial charge in [0.25, 0.3) is 11.4 Å². The van der Waals surface area contributed by atoms with Gasteiger partial charge in [0.05, 0.1) is 0 Å². The Kier molecular flexibility index (Phi) is 3.37. The summed E-state index contributed by atoms with van der Waals surface area (Å²) >= 11 is 1.48. The van der Waals surface area contributed by atoms with Crippen molar-refractivity contribution in [3.63, 3.8) is 0 Å². The Bertz CT molecular complexity index is 907. The second-order valence-electron chi connectivity index (χ2n) is 5.48. The largest absolute Gasteiger partial charge is 0.371 e. The summed E-state index contributed by atoms with van der Waals surface area (Å²) in [6, 6.07) is 0. The average molecular weight is 320 g/mol. The lowest BCUT2D eigenvalue weighted by atomic mass is 10.1. The van der Waals surface area contributed by atoms with Crippen LogP contribution in [0.3, 0.4) is 0 Å². The smallest absolute Gasteiger partial charge is 0.271 e. The second kappa shape index (κ2) is 4.99. The molecule has 0 aromatic carbocycles. The molecule has 0 aliphatic heterocycles. The van der Waals surface area contributed by atoms with Crippen molar-refractivity contribution in [2.75, 3.05) is 7.11 Å². The zero-order valence-corrected chi connectivity index (χ0v) is 13.8. The van der Waals surface area contributed by atoms with Gasteiger partial charge in [-0.15, -0.1) is 11.3 Å². The average Bonchev–Trinajstić information content (AvgIpc) is 3.06. The van der Waals surface area contributed by atoms with Crippen molar-refractivity contribution in [3.8, 4) is 11.5 Å². The summed E-state index contributed by atoms with van der Waals surface area (Å²) in [5.74, 6) is 0.531. The van der Waals surface area contributed by atoms with E-state index < -0.39 is 5.60 Å². The zero-order chi connectivity index (χ0) is 16.1. The standard InChI is InChI=1S/C14H16N4O3S/c1-7-8(2)22-13-15-6-9(11(19)18(7)13)10-16-12(17-21-10)14(3,4)20-5/h6H,1-5H3. The monoisotopic (exact) mass is 320 g/mol. The molecule has 0 radical (unpaired) electrons. The van der Waals surface area contributed by atoms with E-state index in [4.69, 9.17) is 9.26 Å². The molecule has 7 nitrogen and oxygen atoms in total. The number of ether oxygens (including phenoxy) is 1. The highest BCUT2D eigenvalue weighted by Crippen LogP contribution is 2.24. The third-order valence-corrected chi connectivity index (χ3v) is 4.80. The molecule has 0 unspecified atom stereocenters. The van der Waals surface area contributed by atoms with Crippen molar-refractivity contribution in [1.29, 1.82) is 0 Å². The van der Waals surface area contributed by atoms with Crippen LogP contribution in [0.15, 0.2) is 15.5 Å². The normalized spacial score (nSPS) is 12.2. The van der Waals surface area contributed by atoms with E-state index in [1.54, 1.807) is 11.5 Å². The number of hydrogen-bond donors (Lipinski definition) is 0. The zero-order valence-electron chi connectivity index (χ0n) is 13.0. The first-order valence-corrected chi connectivity index (χ1v) is 7.54. The van der Waals surface area contributed by atoms with Crippen molar-refractivity contribution < 1.29 is 9.26 Å². The van der Waals surface area contributed by atoms with Crippen molar-refractivity contribution in [2.45, 2.75) is 33.3 Å². The van der Waals surface area contributed by atoms with E-state index in [9.17, 15) is 4.79 Å². The van der Waals surface area contributed by atoms with Gasteiger partial charge >= 0.3 is 0 Å². The molecule has 3 aromatic heterocycles.